The third-order valence-corrected chi connectivity index (χ3v) is 7.73. The van der Waals surface area contributed by atoms with Crippen LogP contribution in [0.3, 0.4) is 0 Å². The number of nitrogens with one attached hydrogen (secondary N) is 1. The molecule has 3 aromatic rings. The van der Waals surface area contributed by atoms with Crippen LogP contribution in [0.1, 0.15) is 31.0 Å². The standard InChI is InChI=1S/C27H31ClN2O6S/c1-5-36-24-14-12-22(16-23(24)28)37(32,33)30(17-20-9-7-6-8-10-20)18-27(31)29-19(2)21-11-13-25(34-3)26(15-21)35-4/h6-16,19H,5,17-18H2,1-4H3,(H,29,31)/t19-/m1/s1. The zero-order valence-corrected chi connectivity index (χ0v) is 22.8. The van der Waals surface area contributed by atoms with Gasteiger partial charge in [0.25, 0.3) is 0 Å². The van der Waals surface area contributed by atoms with Gasteiger partial charge in [-0.3, -0.25) is 4.79 Å². The number of carbonyl (C=O) groups excluding carboxylic acids is 1. The lowest BCUT2D eigenvalue weighted by molar-refractivity contribution is -0.122. The smallest absolute Gasteiger partial charge is 0.243 e. The average Bonchev–Trinajstić information content (AvgIpc) is 2.89. The van der Waals surface area contributed by atoms with Crippen LogP contribution in [-0.2, 0) is 21.4 Å². The van der Waals surface area contributed by atoms with Gasteiger partial charge in [0.1, 0.15) is 5.75 Å². The molecule has 3 aromatic carbocycles. The maximum absolute atomic E-state index is 13.6. The summed E-state index contributed by atoms with van der Waals surface area (Å²) < 4.78 is 44.4. The van der Waals surface area contributed by atoms with Gasteiger partial charge in [-0.15, -0.1) is 0 Å². The molecule has 0 aliphatic heterocycles. The molecule has 1 amide bonds. The number of amides is 1. The van der Waals surface area contributed by atoms with Crippen molar-refractivity contribution in [3.63, 3.8) is 0 Å². The molecule has 0 saturated heterocycles. The van der Waals surface area contributed by atoms with Crippen molar-refractivity contribution in [3.05, 3.63) is 82.9 Å². The van der Waals surface area contributed by atoms with Gasteiger partial charge in [-0.2, -0.15) is 4.31 Å². The SMILES string of the molecule is CCOc1ccc(S(=O)(=O)N(CC(=O)N[C@H](C)c2ccc(OC)c(OC)c2)Cc2ccccc2)cc1Cl. The van der Waals surface area contributed by atoms with Gasteiger partial charge in [0.2, 0.25) is 15.9 Å². The fraction of sp³-hybridized carbons (Fsp3) is 0.296. The largest absolute Gasteiger partial charge is 0.493 e. The van der Waals surface area contributed by atoms with Crippen LogP contribution < -0.4 is 19.5 Å². The average molecular weight is 547 g/mol. The molecule has 1 N–H and O–H groups in total. The molecule has 3 rings (SSSR count). The number of ether oxygens (including phenoxy) is 3. The van der Waals surface area contributed by atoms with Crippen molar-refractivity contribution in [1.82, 2.24) is 9.62 Å². The molecule has 0 heterocycles. The highest BCUT2D eigenvalue weighted by molar-refractivity contribution is 7.89. The van der Waals surface area contributed by atoms with Crippen molar-refractivity contribution >= 4 is 27.5 Å². The molecule has 0 spiro atoms. The number of carbonyl (C=O) groups is 1. The zero-order valence-electron chi connectivity index (χ0n) is 21.2. The Morgan fingerprint density at radius 3 is 2.27 bits per heavy atom. The number of nitrogens with zero attached hydrogens (tertiary/aromatic N) is 1. The third kappa shape index (κ3) is 7.15. The first kappa shape index (κ1) is 28.3. The molecule has 0 unspecified atom stereocenters. The molecule has 0 saturated carbocycles. The van der Waals surface area contributed by atoms with Crippen LogP contribution in [0.25, 0.3) is 0 Å². The Balaban J connectivity index is 1.85. The summed E-state index contributed by atoms with van der Waals surface area (Å²) in [4.78, 5) is 13.0. The van der Waals surface area contributed by atoms with Gasteiger partial charge in [-0.05, 0) is 55.3 Å². The van der Waals surface area contributed by atoms with Crippen molar-refractivity contribution in [2.24, 2.45) is 0 Å². The van der Waals surface area contributed by atoms with E-state index in [1.54, 1.807) is 38.3 Å². The van der Waals surface area contributed by atoms with E-state index in [2.05, 4.69) is 5.32 Å². The quantitative estimate of drug-likeness (QED) is 0.350. The molecule has 10 heteroatoms. The number of hydrogen-bond acceptors (Lipinski definition) is 6. The molecule has 0 fully saturated rings. The van der Waals surface area contributed by atoms with E-state index in [0.29, 0.717) is 23.9 Å². The second kappa shape index (κ2) is 12.8. The molecular weight excluding hydrogens is 516 g/mol. The monoisotopic (exact) mass is 546 g/mol. The minimum Gasteiger partial charge on any atom is -0.493 e. The van der Waals surface area contributed by atoms with Crippen molar-refractivity contribution in [2.45, 2.75) is 31.3 Å². The third-order valence-electron chi connectivity index (χ3n) is 5.65. The van der Waals surface area contributed by atoms with Gasteiger partial charge < -0.3 is 19.5 Å². The first-order valence-corrected chi connectivity index (χ1v) is 13.5. The number of benzene rings is 3. The highest BCUT2D eigenvalue weighted by Gasteiger charge is 2.28. The minimum atomic E-state index is -4.07. The first-order valence-electron chi connectivity index (χ1n) is 11.7. The lowest BCUT2D eigenvalue weighted by Crippen LogP contribution is -2.41. The van der Waals surface area contributed by atoms with E-state index in [1.807, 2.05) is 31.2 Å². The Morgan fingerprint density at radius 1 is 0.973 bits per heavy atom. The highest BCUT2D eigenvalue weighted by Crippen LogP contribution is 2.31. The zero-order chi connectivity index (χ0) is 27.0. The summed E-state index contributed by atoms with van der Waals surface area (Å²) in [5, 5.41) is 3.05. The molecule has 198 valence electrons. The topological polar surface area (TPSA) is 94.2 Å². The predicted molar refractivity (Wildman–Crippen MR) is 143 cm³/mol. The molecule has 0 aliphatic rings. The first-order chi connectivity index (χ1) is 17.7. The van der Waals surface area contributed by atoms with E-state index < -0.39 is 22.0 Å². The van der Waals surface area contributed by atoms with Crippen LogP contribution in [0.2, 0.25) is 5.02 Å². The maximum atomic E-state index is 13.6. The van der Waals surface area contributed by atoms with E-state index in [9.17, 15) is 13.2 Å². The number of sulfonamides is 1. The molecule has 37 heavy (non-hydrogen) atoms. The second-order valence-electron chi connectivity index (χ2n) is 8.19. The van der Waals surface area contributed by atoms with E-state index >= 15 is 0 Å². The van der Waals surface area contributed by atoms with Crippen molar-refractivity contribution < 1.29 is 27.4 Å². The summed E-state index contributed by atoms with van der Waals surface area (Å²) in [5.41, 5.74) is 1.52. The lowest BCUT2D eigenvalue weighted by atomic mass is 10.1. The molecule has 0 aromatic heterocycles. The molecule has 0 bridgehead atoms. The Hall–Kier alpha value is -3.27. The van der Waals surface area contributed by atoms with Gasteiger partial charge in [-0.25, -0.2) is 8.42 Å². The summed E-state index contributed by atoms with van der Waals surface area (Å²) in [6.45, 7) is 3.63. The summed E-state index contributed by atoms with van der Waals surface area (Å²) in [6, 6.07) is 18.3. The summed E-state index contributed by atoms with van der Waals surface area (Å²) in [7, 11) is -0.997. The second-order valence-corrected chi connectivity index (χ2v) is 10.5. The minimum absolute atomic E-state index is 0.00611. The Kier molecular flexibility index (Phi) is 9.79. The number of methoxy groups -OCH3 is 2. The van der Waals surface area contributed by atoms with E-state index in [1.165, 1.54) is 25.3 Å². The van der Waals surface area contributed by atoms with E-state index in [0.717, 1.165) is 15.4 Å². The molecular formula is C27H31ClN2O6S. The maximum Gasteiger partial charge on any atom is 0.243 e. The molecule has 0 aliphatic carbocycles. The van der Waals surface area contributed by atoms with Crippen LogP contribution in [0.15, 0.2) is 71.6 Å². The van der Waals surface area contributed by atoms with E-state index in [4.69, 9.17) is 25.8 Å². The van der Waals surface area contributed by atoms with Crippen LogP contribution in [0.5, 0.6) is 17.2 Å². The normalized spacial score (nSPS) is 12.2. The predicted octanol–water partition coefficient (Wildman–Crippen LogP) is 4.82. The van der Waals surface area contributed by atoms with Crippen LogP contribution >= 0.6 is 11.6 Å². The fourth-order valence-corrected chi connectivity index (χ4v) is 5.44. The van der Waals surface area contributed by atoms with Crippen molar-refractivity contribution in [3.8, 4) is 17.2 Å². The summed E-state index contributed by atoms with van der Waals surface area (Å²) >= 11 is 6.26. The lowest BCUT2D eigenvalue weighted by Gasteiger charge is -2.24. The van der Waals surface area contributed by atoms with Gasteiger partial charge in [0.05, 0.1) is 43.3 Å². The Morgan fingerprint density at radius 2 is 1.65 bits per heavy atom. The summed E-state index contributed by atoms with van der Waals surface area (Å²) in [5.74, 6) is 1.03. The highest BCUT2D eigenvalue weighted by atomic mass is 35.5. The Labute approximate surface area is 223 Å². The summed E-state index contributed by atoms with van der Waals surface area (Å²) in [6.07, 6.45) is 0. The number of halogens is 1. The molecule has 1 atom stereocenters. The van der Waals surface area contributed by atoms with Crippen LogP contribution in [0.4, 0.5) is 0 Å². The van der Waals surface area contributed by atoms with Gasteiger partial charge >= 0.3 is 0 Å². The van der Waals surface area contributed by atoms with E-state index in [-0.39, 0.29) is 23.0 Å². The van der Waals surface area contributed by atoms with Gasteiger partial charge in [-0.1, -0.05) is 48.0 Å². The van der Waals surface area contributed by atoms with Gasteiger partial charge in [0.15, 0.2) is 11.5 Å². The van der Waals surface area contributed by atoms with Crippen LogP contribution in [0, 0.1) is 0 Å². The number of rotatable bonds is 12. The van der Waals surface area contributed by atoms with Crippen molar-refractivity contribution in [2.75, 3.05) is 27.4 Å². The molecule has 8 nitrogen and oxygen atoms in total. The molecule has 0 radical (unpaired) electrons. The van der Waals surface area contributed by atoms with Gasteiger partial charge in [0, 0.05) is 6.54 Å². The Bertz CT molecular complexity index is 1320. The van der Waals surface area contributed by atoms with Crippen LogP contribution in [-0.4, -0.2) is 46.0 Å². The van der Waals surface area contributed by atoms with Crippen molar-refractivity contribution in [1.29, 1.82) is 0 Å². The number of hydrogen-bond donors (Lipinski definition) is 1. The fourth-order valence-electron chi connectivity index (χ4n) is 3.73.